The Balaban J connectivity index is 2.26. The molecule has 0 atom stereocenters. The zero-order valence-corrected chi connectivity index (χ0v) is 10.9. The van der Waals surface area contributed by atoms with E-state index in [9.17, 15) is 4.79 Å². The van der Waals surface area contributed by atoms with Crippen molar-refractivity contribution in [3.05, 3.63) is 34.3 Å². The largest absolute Gasteiger partial charge is 0.468 e. The second kappa shape index (κ2) is 6.90. The molecule has 1 rings (SSSR count). The highest BCUT2D eigenvalue weighted by Crippen LogP contribution is 2.17. The summed E-state index contributed by atoms with van der Waals surface area (Å²) >= 11 is 5.08. The normalized spacial score (nSPS) is 10.0. The van der Waals surface area contributed by atoms with Gasteiger partial charge in [0.15, 0.2) is 0 Å². The van der Waals surface area contributed by atoms with Crippen molar-refractivity contribution in [2.75, 3.05) is 18.6 Å². The molecule has 0 aliphatic heterocycles. The standard InChI is InChI=1S/C11H13BrO2S/c1-14-11(13)8-15-7-6-9-4-2-3-5-10(9)12/h2-5H,6-8H2,1H3. The van der Waals surface area contributed by atoms with E-state index in [1.54, 1.807) is 11.8 Å². The van der Waals surface area contributed by atoms with Crippen LogP contribution in [0.1, 0.15) is 5.56 Å². The molecule has 0 saturated heterocycles. The van der Waals surface area contributed by atoms with Gasteiger partial charge in [-0.1, -0.05) is 34.1 Å². The van der Waals surface area contributed by atoms with E-state index in [1.807, 2.05) is 18.2 Å². The molecule has 0 radical (unpaired) electrons. The smallest absolute Gasteiger partial charge is 0.315 e. The number of esters is 1. The van der Waals surface area contributed by atoms with Crippen LogP contribution in [0.2, 0.25) is 0 Å². The Kier molecular flexibility index (Phi) is 5.79. The lowest BCUT2D eigenvalue weighted by Crippen LogP contribution is -2.04. The van der Waals surface area contributed by atoms with Gasteiger partial charge < -0.3 is 4.74 Å². The van der Waals surface area contributed by atoms with Crippen molar-refractivity contribution in [2.45, 2.75) is 6.42 Å². The van der Waals surface area contributed by atoms with E-state index in [1.165, 1.54) is 12.7 Å². The molecule has 0 aromatic heterocycles. The molecule has 0 saturated carbocycles. The van der Waals surface area contributed by atoms with Crippen LogP contribution in [0, 0.1) is 0 Å². The Hall–Kier alpha value is -0.480. The molecule has 0 bridgehead atoms. The van der Waals surface area contributed by atoms with Gasteiger partial charge in [-0.2, -0.15) is 0 Å². The van der Waals surface area contributed by atoms with E-state index < -0.39 is 0 Å². The number of halogens is 1. The van der Waals surface area contributed by atoms with Crippen LogP contribution in [0.5, 0.6) is 0 Å². The van der Waals surface area contributed by atoms with E-state index in [0.717, 1.165) is 16.6 Å². The molecule has 0 heterocycles. The van der Waals surface area contributed by atoms with Gasteiger partial charge in [0.05, 0.1) is 12.9 Å². The first kappa shape index (κ1) is 12.6. The van der Waals surface area contributed by atoms with Crippen LogP contribution in [0.15, 0.2) is 28.7 Å². The van der Waals surface area contributed by atoms with Gasteiger partial charge in [0.2, 0.25) is 0 Å². The SMILES string of the molecule is COC(=O)CSCCc1ccccc1Br. The summed E-state index contributed by atoms with van der Waals surface area (Å²) in [6.07, 6.45) is 0.961. The lowest BCUT2D eigenvalue weighted by Gasteiger charge is -2.03. The second-order valence-electron chi connectivity index (χ2n) is 2.97. The summed E-state index contributed by atoms with van der Waals surface area (Å²) in [5.41, 5.74) is 1.27. The lowest BCUT2D eigenvalue weighted by molar-refractivity contribution is -0.137. The summed E-state index contributed by atoms with van der Waals surface area (Å²) < 4.78 is 5.69. The molecule has 0 fully saturated rings. The van der Waals surface area contributed by atoms with Gasteiger partial charge in [-0.15, -0.1) is 11.8 Å². The van der Waals surface area contributed by atoms with E-state index in [4.69, 9.17) is 0 Å². The van der Waals surface area contributed by atoms with Crippen LogP contribution < -0.4 is 0 Å². The van der Waals surface area contributed by atoms with E-state index in [0.29, 0.717) is 5.75 Å². The zero-order valence-electron chi connectivity index (χ0n) is 8.53. The number of ether oxygens (including phenoxy) is 1. The Labute approximate surface area is 103 Å². The van der Waals surface area contributed by atoms with Gasteiger partial charge in [0.1, 0.15) is 0 Å². The minimum atomic E-state index is -0.160. The van der Waals surface area contributed by atoms with Gasteiger partial charge >= 0.3 is 5.97 Å². The number of aryl methyl sites for hydroxylation is 1. The predicted octanol–water partition coefficient (Wildman–Crippen LogP) is 2.90. The highest BCUT2D eigenvalue weighted by molar-refractivity contribution is 9.10. The first-order chi connectivity index (χ1) is 7.24. The molecule has 0 aliphatic carbocycles. The number of thioether (sulfide) groups is 1. The minimum Gasteiger partial charge on any atom is -0.468 e. The molecule has 2 nitrogen and oxygen atoms in total. The molecule has 1 aromatic carbocycles. The number of benzene rings is 1. The lowest BCUT2D eigenvalue weighted by atomic mass is 10.2. The quantitative estimate of drug-likeness (QED) is 0.616. The fraction of sp³-hybridized carbons (Fsp3) is 0.364. The summed E-state index contributed by atoms with van der Waals surface area (Å²) in [5.74, 6) is 1.20. The maximum absolute atomic E-state index is 10.8. The molecule has 15 heavy (non-hydrogen) atoms. The molecular weight excluding hydrogens is 276 g/mol. The number of methoxy groups -OCH3 is 1. The van der Waals surface area contributed by atoms with Crippen LogP contribution in [0.4, 0.5) is 0 Å². The van der Waals surface area contributed by atoms with Crippen LogP contribution in [0.3, 0.4) is 0 Å². The average Bonchev–Trinajstić information content (AvgIpc) is 2.26. The topological polar surface area (TPSA) is 26.3 Å². The molecule has 0 spiro atoms. The zero-order chi connectivity index (χ0) is 11.1. The van der Waals surface area contributed by atoms with Gasteiger partial charge in [0.25, 0.3) is 0 Å². The van der Waals surface area contributed by atoms with Crippen molar-refractivity contribution in [1.82, 2.24) is 0 Å². The van der Waals surface area contributed by atoms with E-state index >= 15 is 0 Å². The first-order valence-electron chi connectivity index (χ1n) is 4.62. The van der Waals surface area contributed by atoms with Crippen molar-refractivity contribution in [3.8, 4) is 0 Å². The highest BCUT2D eigenvalue weighted by Gasteiger charge is 2.01. The van der Waals surface area contributed by atoms with Crippen molar-refractivity contribution >= 4 is 33.7 Å². The monoisotopic (exact) mass is 288 g/mol. The third-order valence-electron chi connectivity index (χ3n) is 1.92. The maximum Gasteiger partial charge on any atom is 0.315 e. The molecule has 4 heteroatoms. The molecule has 0 N–H and O–H groups in total. The Morgan fingerprint density at radius 2 is 2.20 bits per heavy atom. The fourth-order valence-electron chi connectivity index (χ4n) is 1.10. The third-order valence-corrected chi connectivity index (χ3v) is 3.63. The summed E-state index contributed by atoms with van der Waals surface area (Å²) in [6.45, 7) is 0. The summed E-state index contributed by atoms with van der Waals surface area (Å²) in [5, 5.41) is 0. The number of hydrogen-bond donors (Lipinski definition) is 0. The first-order valence-corrected chi connectivity index (χ1v) is 6.56. The van der Waals surface area contributed by atoms with Crippen LogP contribution in [-0.2, 0) is 16.0 Å². The van der Waals surface area contributed by atoms with Crippen molar-refractivity contribution in [3.63, 3.8) is 0 Å². The second-order valence-corrected chi connectivity index (χ2v) is 4.93. The Bertz CT molecular complexity index is 328. The molecule has 82 valence electrons. The minimum absolute atomic E-state index is 0.160. The van der Waals surface area contributed by atoms with Gasteiger partial charge in [0, 0.05) is 4.47 Å². The maximum atomic E-state index is 10.8. The van der Waals surface area contributed by atoms with Gasteiger partial charge in [-0.25, -0.2) is 0 Å². The van der Waals surface area contributed by atoms with Crippen LogP contribution in [-0.4, -0.2) is 24.6 Å². The van der Waals surface area contributed by atoms with Crippen LogP contribution in [0.25, 0.3) is 0 Å². The number of hydrogen-bond acceptors (Lipinski definition) is 3. The number of carbonyl (C=O) groups is 1. The summed E-state index contributed by atoms with van der Waals surface area (Å²) in [6, 6.07) is 8.13. The highest BCUT2D eigenvalue weighted by atomic mass is 79.9. The summed E-state index contributed by atoms with van der Waals surface area (Å²) in [4.78, 5) is 10.8. The van der Waals surface area contributed by atoms with E-state index in [-0.39, 0.29) is 5.97 Å². The molecular formula is C11H13BrO2S. The molecule has 0 unspecified atom stereocenters. The van der Waals surface area contributed by atoms with Crippen molar-refractivity contribution in [2.24, 2.45) is 0 Å². The predicted molar refractivity (Wildman–Crippen MR) is 67.2 cm³/mol. The molecule has 1 aromatic rings. The summed E-state index contributed by atoms with van der Waals surface area (Å²) in [7, 11) is 1.41. The van der Waals surface area contributed by atoms with E-state index in [2.05, 4.69) is 26.7 Å². The fourth-order valence-corrected chi connectivity index (χ4v) is 2.37. The van der Waals surface area contributed by atoms with Crippen molar-refractivity contribution < 1.29 is 9.53 Å². The Morgan fingerprint density at radius 1 is 1.47 bits per heavy atom. The average molecular weight is 289 g/mol. The molecule has 0 amide bonds. The molecule has 0 aliphatic rings. The Morgan fingerprint density at radius 3 is 2.87 bits per heavy atom. The van der Waals surface area contributed by atoms with Gasteiger partial charge in [-0.05, 0) is 23.8 Å². The number of carbonyl (C=O) groups excluding carboxylic acids is 1. The third kappa shape index (κ3) is 4.71. The van der Waals surface area contributed by atoms with Gasteiger partial charge in [-0.3, -0.25) is 4.79 Å². The number of rotatable bonds is 5. The van der Waals surface area contributed by atoms with Crippen molar-refractivity contribution in [1.29, 1.82) is 0 Å². The van der Waals surface area contributed by atoms with Crippen LogP contribution >= 0.6 is 27.7 Å².